The summed E-state index contributed by atoms with van der Waals surface area (Å²) in [7, 11) is 0. The van der Waals surface area contributed by atoms with Gasteiger partial charge in [-0.15, -0.1) is 0 Å². The molecular formula is C10H11F2N. The van der Waals surface area contributed by atoms with Gasteiger partial charge >= 0.3 is 0 Å². The molecule has 1 aromatic carbocycles. The van der Waals surface area contributed by atoms with Crippen molar-refractivity contribution in [3.63, 3.8) is 0 Å². The summed E-state index contributed by atoms with van der Waals surface area (Å²) in [5.41, 5.74) is 6.50. The van der Waals surface area contributed by atoms with Crippen LogP contribution in [-0.4, -0.2) is 0 Å². The molecule has 1 nitrogen and oxygen atoms in total. The van der Waals surface area contributed by atoms with Crippen LogP contribution in [0.15, 0.2) is 12.1 Å². The number of hydrogen-bond acceptors (Lipinski definition) is 1. The van der Waals surface area contributed by atoms with Crippen LogP contribution in [0.1, 0.15) is 24.0 Å². The molecule has 0 aliphatic heterocycles. The molecule has 1 aromatic rings. The highest BCUT2D eigenvalue weighted by Crippen LogP contribution is 2.44. The van der Waals surface area contributed by atoms with Crippen LogP contribution < -0.4 is 5.73 Å². The topological polar surface area (TPSA) is 26.0 Å². The Hall–Kier alpha value is -0.960. The van der Waals surface area contributed by atoms with E-state index in [4.69, 9.17) is 5.73 Å². The predicted octanol–water partition coefficient (Wildman–Crippen LogP) is 2.22. The average molecular weight is 183 g/mol. The highest BCUT2D eigenvalue weighted by molar-refractivity contribution is 5.37. The van der Waals surface area contributed by atoms with E-state index in [2.05, 4.69) is 0 Å². The van der Waals surface area contributed by atoms with Crippen LogP contribution in [0.5, 0.6) is 0 Å². The maximum atomic E-state index is 13.1. The monoisotopic (exact) mass is 183 g/mol. The highest BCUT2D eigenvalue weighted by atomic mass is 19.1. The lowest BCUT2D eigenvalue weighted by molar-refractivity contribution is 0.564. The van der Waals surface area contributed by atoms with Crippen molar-refractivity contribution in [1.29, 1.82) is 0 Å². The molecule has 0 amide bonds. The van der Waals surface area contributed by atoms with Crippen LogP contribution in [0.2, 0.25) is 0 Å². The third-order valence-electron chi connectivity index (χ3n) is 2.63. The lowest BCUT2D eigenvalue weighted by Gasteiger charge is -2.13. The Kier molecular flexibility index (Phi) is 1.67. The lowest BCUT2D eigenvalue weighted by Crippen LogP contribution is -2.20. The summed E-state index contributed by atoms with van der Waals surface area (Å²) < 4.78 is 26.0. The minimum atomic E-state index is -0.546. The summed E-state index contributed by atoms with van der Waals surface area (Å²) in [5.74, 6) is -1.05. The molecule has 0 bridgehead atoms. The molecule has 0 radical (unpaired) electrons. The fraction of sp³-hybridized carbons (Fsp3) is 0.400. The highest BCUT2D eigenvalue weighted by Gasteiger charge is 2.41. The van der Waals surface area contributed by atoms with Gasteiger partial charge in [0, 0.05) is 11.6 Å². The van der Waals surface area contributed by atoms with Gasteiger partial charge in [0.2, 0.25) is 0 Å². The second-order valence-electron chi connectivity index (χ2n) is 3.72. The molecule has 0 atom stereocenters. The third kappa shape index (κ3) is 1.33. The molecule has 1 aliphatic carbocycles. The first kappa shape index (κ1) is 8.63. The number of rotatable bonds is 1. The van der Waals surface area contributed by atoms with E-state index in [1.54, 1.807) is 6.92 Å². The van der Waals surface area contributed by atoms with Gasteiger partial charge in [0.05, 0.1) is 0 Å². The van der Waals surface area contributed by atoms with Crippen LogP contribution in [-0.2, 0) is 5.54 Å². The Morgan fingerprint density at radius 2 is 1.92 bits per heavy atom. The Bertz CT molecular complexity index is 356. The number of halogens is 2. The van der Waals surface area contributed by atoms with E-state index < -0.39 is 17.2 Å². The van der Waals surface area contributed by atoms with Gasteiger partial charge < -0.3 is 5.73 Å². The zero-order valence-electron chi connectivity index (χ0n) is 7.40. The van der Waals surface area contributed by atoms with Crippen LogP contribution in [0.3, 0.4) is 0 Å². The van der Waals surface area contributed by atoms with E-state index in [1.165, 1.54) is 6.07 Å². The summed E-state index contributed by atoms with van der Waals surface area (Å²) in [6.07, 6.45) is 1.63. The molecule has 0 unspecified atom stereocenters. The Balaban J connectivity index is 2.56. The van der Waals surface area contributed by atoms with Crippen molar-refractivity contribution in [3.8, 4) is 0 Å². The van der Waals surface area contributed by atoms with Crippen LogP contribution in [0.4, 0.5) is 8.78 Å². The van der Waals surface area contributed by atoms with Crippen molar-refractivity contribution in [2.45, 2.75) is 25.3 Å². The maximum absolute atomic E-state index is 13.1. The first-order valence-corrected chi connectivity index (χ1v) is 4.28. The molecule has 2 N–H and O–H groups in total. The Morgan fingerprint density at radius 1 is 1.31 bits per heavy atom. The quantitative estimate of drug-likeness (QED) is 0.709. The van der Waals surface area contributed by atoms with Gasteiger partial charge in [0.25, 0.3) is 0 Å². The zero-order valence-corrected chi connectivity index (χ0v) is 7.40. The maximum Gasteiger partial charge on any atom is 0.129 e. The van der Waals surface area contributed by atoms with Crippen molar-refractivity contribution in [1.82, 2.24) is 0 Å². The Labute approximate surface area is 75.6 Å². The van der Waals surface area contributed by atoms with Gasteiger partial charge in [-0.3, -0.25) is 0 Å². The second kappa shape index (κ2) is 2.51. The molecule has 0 spiro atoms. The number of nitrogens with two attached hydrogens (primary N) is 1. The first-order chi connectivity index (χ1) is 6.03. The number of benzene rings is 1. The molecule has 70 valence electrons. The number of hydrogen-bond donors (Lipinski definition) is 1. The van der Waals surface area contributed by atoms with Crippen molar-refractivity contribution in [3.05, 3.63) is 34.9 Å². The molecule has 3 heteroatoms. The average Bonchev–Trinajstić information content (AvgIpc) is 2.77. The summed E-state index contributed by atoms with van der Waals surface area (Å²) in [5, 5.41) is 0. The summed E-state index contributed by atoms with van der Waals surface area (Å²) in [6, 6.07) is 2.23. The first-order valence-electron chi connectivity index (χ1n) is 4.28. The van der Waals surface area contributed by atoms with E-state index in [9.17, 15) is 8.78 Å². The van der Waals surface area contributed by atoms with Crippen molar-refractivity contribution >= 4 is 0 Å². The van der Waals surface area contributed by atoms with Gasteiger partial charge in [0.15, 0.2) is 0 Å². The van der Waals surface area contributed by atoms with Gasteiger partial charge in [0.1, 0.15) is 11.6 Å². The SMILES string of the molecule is Cc1c(F)cc(F)cc1C1(N)CC1. The van der Waals surface area contributed by atoms with Gasteiger partial charge in [-0.25, -0.2) is 8.78 Å². The van der Waals surface area contributed by atoms with Gasteiger partial charge in [-0.2, -0.15) is 0 Å². The van der Waals surface area contributed by atoms with Crippen molar-refractivity contribution < 1.29 is 8.78 Å². The largest absolute Gasteiger partial charge is 0.321 e. The molecule has 1 aliphatic rings. The third-order valence-corrected chi connectivity index (χ3v) is 2.63. The van der Waals surface area contributed by atoms with E-state index in [1.807, 2.05) is 0 Å². The molecule has 0 aromatic heterocycles. The summed E-state index contributed by atoms with van der Waals surface area (Å²) in [6.45, 7) is 1.64. The van der Waals surface area contributed by atoms with Gasteiger partial charge in [-0.1, -0.05) is 0 Å². The van der Waals surface area contributed by atoms with E-state index >= 15 is 0 Å². The molecule has 1 fully saturated rings. The minimum absolute atomic E-state index is 0.465. The normalized spacial score (nSPS) is 18.8. The minimum Gasteiger partial charge on any atom is -0.321 e. The van der Waals surface area contributed by atoms with Crippen LogP contribution >= 0.6 is 0 Å². The van der Waals surface area contributed by atoms with E-state index in [0.717, 1.165) is 18.9 Å². The van der Waals surface area contributed by atoms with Crippen molar-refractivity contribution in [2.75, 3.05) is 0 Å². The van der Waals surface area contributed by atoms with E-state index in [0.29, 0.717) is 11.1 Å². The zero-order chi connectivity index (χ0) is 9.64. The van der Waals surface area contributed by atoms with Crippen LogP contribution in [0, 0.1) is 18.6 Å². The fourth-order valence-corrected chi connectivity index (χ4v) is 1.57. The molecule has 0 saturated heterocycles. The molecular weight excluding hydrogens is 172 g/mol. The molecule has 2 rings (SSSR count). The van der Waals surface area contributed by atoms with Gasteiger partial charge in [-0.05, 0) is 37.0 Å². The smallest absolute Gasteiger partial charge is 0.129 e. The van der Waals surface area contributed by atoms with Crippen LogP contribution in [0.25, 0.3) is 0 Å². The van der Waals surface area contributed by atoms with E-state index in [-0.39, 0.29) is 0 Å². The lowest BCUT2D eigenvalue weighted by atomic mass is 9.99. The standard InChI is InChI=1S/C10H11F2N/c1-6-8(10(13)2-3-10)4-7(11)5-9(6)12/h4-5H,2-3,13H2,1H3. The summed E-state index contributed by atoms with van der Waals surface area (Å²) >= 11 is 0. The Morgan fingerprint density at radius 3 is 2.46 bits per heavy atom. The fourth-order valence-electron chi connectivity index (χ4n) is 1.57. The summed E-state index contributed by atoms with van der Waals surface area (Å²) in [4.78, 5) is 0. The second-order valence-corrected chi connectivity index (χ2v) is 3.72. The molecule has 0 heterocycles. The predicted molar refractivity (Wildman–Crippen MR) is 46.2 cm³/mol. The molecule has 1 saturated carbocycles. The van der Waals surface area contributed by atoms with Crippen molar-refractivity contribution in [2.24, 2.45) is 5.73 Å². The molecule has 13 heavy (non-hydrogen) atoms.